The number of rotatable bonds is 4. The molecule has 5 heteroatoms. The van der Waals surface area contributed by atoms with Gasteiger partial charge in [0.05, 0.1) is 17.3 Å². The molecule has 0 saturated heterocycles. The molecule has 0 saturated carbocycles. The maximum absolute atomic E-state index is 13.7. The summed E-state index contributed by atoms with van der Waals surface area (Å²) in [5, 5.41) is 17.6. The van der Waals surface area contributed by atoms with Crippen LogP contribution in [0.5, 0.6) is 0 Å². The van der Waals surface area contributed by atoms with Crippen LogP contribution in [-0.4, -0.2) is 24.2 Å². The SMILES string of the molecule is CCC(C(=O)O)N(C)c1ccc(C#N)cc1F. The van der Waals surface area contributed by atoms with Gasteiger partial charge >= 0.3 is 5.97 Å². The van der Waals surface area contributed by atoms with Gasteiger partial charge in [0.2, 0.25) is 0 Å². The first-order valence-electron chi connectivity index (χ1n) is 5.16. The van der Waals surface area contributed by atoms with Gasteiger partial charge in [0.1, 0.15) is 11.9 Å². The second-order valence-corrected chi connectivity index (χ2v) is 3.65. The van der Waals surface area contributed by atoms with E-state index in [1.165, 1.54) is 24.1 Å². The Labute approximate surface area is 98.9 Å². The highest BCUT2D eigenvalue weighted by Crippen LogP contribution is 2.22. The Kier molecular flexibility index (Phi) is 4.05. The van der Waals surface area contributed by atoms with Gasteiger partial charge in [0.25, 0.3) is 0 Å². The monoisotopic (exact) mass is 236 g/mol. The molecule has 0 amide bonds. The zero-order valence-corrected chi connectivity index (χ0v) is 9.64. The van der Waals surface area contributed by atoms with Gasteiger partial charge in [-0.3, -0.25) is 0 Å². The molecule has 1 atom stereocenters. The van der Waals surface area contributed by atoms with E-state index in [-0.39, 0.29) is 11.3 Å². The van der Waals surface area contributed by atoms with Crippen molar-refractivity contribution in [2.24, 2.45) is 0 Å². The van der Waals surface area contributed by atoms with Crippen LogP contribution < -0.4 is 4.90 Å². The molecule has 1 rings (SSSR count). The van der Waals surface area contributed by atoms with Crippen LogP contribution in [-0.2, 0) is 4.79 Å². The average Bonchev–Trinajstić information content (AvgIpc) is 2.28. The van der Waals surface area contributed by atoms with Gasteiger partial charge in [-0.1, -0.05) is 6.92 Å². The van der Waals surface area contributed by atoms with E-state index in [9.17, 15) is 9.18 Å². The molecule has 0 aliphatic carbocycles. The molecular formula is C12H13FN2O2. The number of anilines is 1. The number of hydrogen-bond acceptors (Lipinski definition) is 3. The van der Waals surface area contributed by atoms with Crippen LogP contribution in [0.4, 0.5) is 10.1 Å². The molecule has 0 aromatic heterocycles. The molecule has 4 nitrogen and oxygen atoms in total. The van der Waals surface area contributed by atoms with Crippen LogP contribution in [0.3, 0.4) is 0 Å². The highest BCUT2D eigenvalue weighted by atomic mass is 19.1. The van der Waals surface area contributed by atoms with Crippen molar-refractivity contribution in [3.8, 4) is 6.07 Å². The number of carboxylic acids is 1. The molecule has 0 aliphatic heterocycles. The first-order valence-corrected chi connectivity index (χ1v) is 5.16. The second-order valence-electron chi connectivity index (χ2n) is 3.65. The third kappa shape index (κ3) is 2.72. The van der Waals surface area contributed by atoms with Gasteiger partial charge in [0, 0.05) is 7.05 Å². The Hall–Kier alpha value is -2.09. The van der Waals surface area contributed by atoms with E-state index >= 15 is 0 Å². The van der Waals surface area contributed by atoms with Crippen LogP contribution in [0, 0.1) is 17.1 Å². The zero-order valence-electron chi connectivity index (χ0n) is 9.64. The summed E-state index contributed by atoms with van der Waals surface area (Å²) in [4.78, 5) is 12.3. The molecule has 17 heavy (non-hydrogen) atoms. The Bertz CT molecular complexity index is 468. The number of halogens is 1. The van der Waals surface area contributed by atoms with Crippen LogP contribution in [0.25, 0.3) is 0 Å². The number of likely N-dealkylation sites (N-methyl/N-ethyl adjacent to an activating group) is 1. The van der Waals surface area contributed by atoms with Crippen molar-refractivity contribution in [1.82, 2.24) is 0 Å². The maximum Gasteiger partial charge on any atom is 0.326 e. The number of nitriles is 1. The average molecular weight is 236 g/mol. The Morgan fingerprint density at radius 3 is 2.71 bits per heavy atom. The van der Waals surface area contributed by atoms with Crippen LogP contribution in [0.15, 0.2) is 18.2 Å². The summed E-state index contributed by atoms with van der Waals surface area (Å²) in [5.74, 6) is -1.59. The zero-order chi connectivity index (χ0) is 13.0. The lowest BCUT2D eigenvalue weighted by Crippen LogP contribution is -2.38. The predicted molar refractivity (Wildman–Crippen MR) is 61.2 cm³/mol. The minimum atomic E-state index is -1.00. The van der Waals surface area contributed by atoms with Crippen molar-refractivity contribution in [3.05, 3.63) is 29.6 Å². The van der Waals surface area contributed by atoms with E-state index < -0.39 is 17.8 Å². The first kappa shape index (κ1) is 13.0. The number of benzene rings is 1. The van der Waals surface area contributed by atoms with Crippen molar-refractivity contribution in [3.63, 3.8) is 0 Å². The Balaban J connectivity index is 3.08. The highest BCUT2D eigenvalue weighted by molar-refractivity contribution is 5.78. The largest absolute Gasteiger partial charge is 0.480 e. The van der Waals surface area contributed by atoms with Crippen molar-refractivity contribution >= 4 is 11.7 Å². The minimum Gasteiger partial charge on any atom is -0.480 e. The van der Waals surface area contributed by atoms with Gasteiger partial charge in [-0.05, 0) is 24.6 Å². The lowest BCUT2D eigenvalue weighted by atomic mass is 10.1. The number of hydrogen-bond donors (Lipinski definition) is 1. The summed E-state index contributed by atoms with van der Waals surface area (Å²) in [6.45, 7) is 1.72. The molecule has 1 aromatic carbocycles. The van der Waals surface area contributed by atoms with E-state index in [4.69, 9.17) is 10.4 Å². The third-order valence-electron chi connectivity index (χ3n) is 2.60. The predicted octanol–water partition coefficient (Wildman–Crippen LogP) is 2.00. The number of carboxylic acid groups (broad SMARTS) is 1. The minimum absolute atomic E-state index is 0.179. The van der Waals surface area contributed by atoms with E-state index in [1.54, 1.807) is 6.92 Å². The molecule has 0 spiro atoms. The lowest BCUT2D eigenvalue weighted by Gasteiger charge is -2.26. The summed E-state index contributed by atoms with van der Waals surface area (Å²) in [7, 11) is 1.52. The maximum atomic E-state index is 13.7. The number of nitrogens with zero attached hydrogens (tertiary/aromatic N) is 2. The summed E-state index contributed by atoms with van der Waals surface area (Å²) < 4.78 is 13.7. The van der Waals surface area contributed by atoms with E-state index in [2.05, 4.69) is 0 Å². The third-order valence-corrected chi connectivity index (χ3v) is 2.60. The second kappa shape index (κ2) is 5.30. The van der Waals surface area contributed by atoms with Crippen molar-refractivity contribution in [2.45, 2.75) is 19.4 Å². The molecule has 1 unspecified atom stereocenters. The van der Waals surface area contributed by atoms with Gasteiger partial charge in [-0.2, -0.15) is 5.26 Å². The molecule has 0 radical (unpaired) electrons. The van der Waals surface area contributed by atoms with Gasteiger partial charge in [-0.25, -0.2) is 9.18 Å². The van der Waals surface area contributed by atoms with Gasteiger partial charge < -0.3 is 10.0 Å². The summed E-state index contributed by atoms with van der Waals surface area (Å²) in [6.07, 6.45) is 0.366. The smallest absolute Gasteiger partial charge is 0.326 e. The molecule has 0 fully saturated rings. The van der Waals surface area contributed by atoms with Gasteiger partial charge in [-0.15, -0.1) is 0 Å². The molecule has 90 valence electrons. The molecule has 0 bridgehead atoms. The quantitative estimate of drug-likeness (QED) is 0.868. The fourth-order valence-corrected chi connectivity index (χ4v) is 1.64. The van der Waals surface area contributed by atoms with Gasteiger partial charge in [0.15, 0.2) is 0 Å². The normalized spacial score (nSPS) is 11.6. The molecule has 1 N–H and O–H groups in total. The van der Waals surface area contributed by atoms with Crippen LogP contribution in [0.2, 0.25) is 0 Å². The topological polar surface area (TPSA) is 64.3 Å². The van der Waals surface area contributed by atoms with Crippen LogP contribution >= 0.6 is 0 Å². The standard InChI is InChI=1S/C12H13FN2O2/c1-3-10(12(16)17)15(2)11-5-4-8(7-14)6-9(11)13/h4-6,10H,3H2,1-2H3,(H,16,17). The molecule has 0 heterocycles. The van der Waals surface area contributed by atoms with E-state index in [0.717, 1.165) is 6.07 Å². The fraction of sp³-hybridized carbons (Fsp3) is 0.333. The summed E-state index contributed by atoms with van der Waals surface area (Å²) in [5.41, 5.74) is 0.390. The van der Waals surface area contributed by atoms with E-state index in [0.29, 0.717) is 6.42 Å². The fourth-order valence-electron chi connectivity index (χ4n) is 1.64. The van der Waals surface area contributed by atoms with Crippen molar-refractivity contribution in [2.75, 3.05) is 11.9 Å². The first-order chi connectivity index (χ1) is 8.01. The molecular weight excluding hydrogens is 223 g/mol. The molecule has 1 aromatic rings. The Morgan fingerprint density at radius 2 is 2.29 bits per heavy atom. The highest BCUT2D eigenvalue weighted by Gasteiger charge is 2.22. The number of aliphatic carboxylic acids is 1. The summed E-state index contributed by atoms with van der Waals surface area (Å²) >= 11 is 0. The lowest BCUT2D eigenvalue weighted by molar-refractivity contribution is -0.138. The molecule has 0 aliphatic rings. The van der Waals surface area contributed by atoms with Crippen LogP contribution in [0.1, 0.15) is 18.9 Å². The summed E-state index contributed by atoms with van der Waals surface area (Å²) in [6, 6.07) is 5.02. The van der Waals surface area contributed by atoms with E-state index in [1.807, 2.05) is 6.07 Å². The van der Waals surface area contributed by atoms with Crippen molar-refractivity contribution in [1.29, 1.82) is 5.26 Å². The number of carbonyl (C=O) groups is 1. The Morgan fingerprint density at radius 1 is 1.65 bits per heavy atom. The van der Waals surface area contributed by atoms with Crippen molar-refractivity contribution < 1.29 is 14.3 Å².